The maximum atomic E-state index is 12.0. The number of pyridine rings is 1. The van der Waals surface area contributed by atoms with Crippen LogP contribution in [-0.2, 0) is 11.2 Å². The monoisotopic (exact) mass is 312 g/mol. The van der Waals surface area contributed by atoms with Crippen LogP contribution in [0.2, 0.25) is 0 Å². The highest BCUT2D eigenvalue weighted by molar-refractivity contribution is 5.96. The van der Waals surface area contributed by atoms with Crippen LogP contribution in [0.4, 0.5) is 5.69 Å². The average molecular weight is 312 g/mol. The van der Waals surface area contributed by atoms with E-state index in [1.54, 1.807) is 30.6 Å². The van der Waals surface area contributed by atoms with Crippen molar-refractivity contribution < 1.29 is 9.59 Å². The van der Waals surface area contributed by atoms with E-state index in [9.17, 15) is 9.59 Å². The van der Waals surface area contributed by atoms with Crippen molar-refractivity contribution in [2.24, 2.45) is 0 Å². The highest BCUT2D eigenvalue weighted by Crippen LogP contribution is 2.13. The van der Waals surface area contributed by atoms with Crippen LogP contribution in [0.5, 0.6) is 0 Å². The van der Waals surface area contributed by atoms with Crippen LogP contribution in [0.15, 0.2) is 48.8 Å². The van der Waals surface area contributed by atoms with Crippen LogP contribution in [-0.4, -0.2) is 30.9 Å². The number of benzene rings is 1. The molecular formula is C17H20N4O2. The van der Waals surface area contributed by atoms with E-state index in [4.69, 9.17) is 0 Å². The fraction of sp³-hybridized carbons (Fsp3) is 0.235. The topological polar surface area (TPSA) is 74.3 Å². The Balaban J connectivity index is 1.82. The number of aryl methyl sites for hydroxylation is 1. The predicted molar refractivity (Wildman–Crippen MR) is 88.9 cm³/mol. The number of anilines is 1. The third-order valence-corrected chi connectivity index (χ3v) is 3.30. The van der Waals surface area contributed by atoms with Gasteiger partial charge in [0.05, 0.1) is 0 Å². The van der Waals surface area contributed by atoms with E-state index >= 15 is 0 Å². The molecule has 6 heteroatoms. The molecule has 2 aromatic rings. The lowest BCUT2D eigenvalue weighted by Gasteiger charge is -2.13. The van der Waals surface area contributed by atoms with Gasteiger partial charge in [0.2, 0.25) is 5.91 Å². The molecule has 2 amide bonds. The number of rotatable bonds is 5. The normalized spacial score (nSPS) is 10.0. The van der Waals surface area contributed by atoms with E-state index in [-0.39, 0.29) is 18.2 Å². The maximum absolute atomic E-state index is 12.0. The molecule has 0 aliphatic carbocycles. The highest BCUT2D eigenvalue weighted by atomic mass is 16.2. The van der Waals surface area contributed by atoms with Crippen LogP contribution in [0.25, 0.3) is 0 Å². The van der Waals surface area contributed by atoms with Crippen molar-refractivity contribution in [3.8, 4) is 0 Å². The Labute approximate surface area is 135 Å². The summed E-state index contributed by atoms with van der Waals surface area (Å²) in [6.45, 7) is 0. The largest absolute Gasteiger partial charge is 0.378 e. The Morgan fingerprint density at radius 2 is 1.96 bits per heavy atom. The van der Waals surface area contributed by atoms with Crippen LogP contribution in [0.1, 0.15) is 22.3 Å². The van der Waals surface area contributed by atoms with E-state index < -0.39 is 0 Å². The summed E-state index contributed by atoms with van der Waals surface area (Å²) in [5.74, 6) is -0.589. The van der Waals surface area contributed by atoms with Crippen LogP contribution in [0.3, 0.4) is 0 Å². The minimum atomic E-state index is -0.344. The standard InChI is InChI=1S/C17H20N4O2/c1-21(2)15-7-3-6-14(11-15)17(23)20-19-16(22)9-8-13-5-4-10-18-12-13/h3-7,10-12H,8-9H2,1-2H3,(H,19,22)(H,20,23). The Morgan fingerprint density at radius 3 is 2.65 bits per heavy atom. The first-order valence-electron chi connectivity index (χ1n) is 7.32. The SMILES string of the molecule is CN(C)c1cccc(C(=O)NNC(=O)CCc2cccnc2)c1. The first kappa shape index (κ1) is 16.5. The first-order chi connectivity index (χ1) is 11.1. The Hall–Kier alpha value is -2.89. The molecule has 6 nitrogen and oxygen atoms in total. The number of carbonyl (C=O) groups excluding carboxylic acids is 2. The van der Waals surface area contributed by atoms with Crippen LogP contribution < -0.4 is 15.8 Å². The maximum Gasteiger partial charge on any atom is 0.269 e. The summed E-state index contributed by atoms with van der Waals surface area (Å²) >= 11 is 0. The molecule has 0 radical (unpaired) electrons. The van der Waals surface area contributed by atoms with Gasteiger partial charge in [-0.1, -0.05) is 12.1 Å². The molecule has 1 aromatic carbocycles. The fourth-order valence-corrected chi connectivity index (χ4v) is 1.99. The van der Waals surface area contributed by atoms with Crippen LogP contribution in [0, 0.1) is 0 Å². The molecule has 0 saturated carbocycles. The molecule has 23 heavy (non-hydrogen) atoms. The number of aromatic nitrogens is 1. The third kappa shape index (κ3) is 5.10. The van der Waals surface area contributed by atoms with Gasteiger partial charge in [0, 0.05) is 44.2 Å². The summed E-state index contributed by atoms with van der Waals surface area (Å²) < 4.78 is 0. The zero-order valence-corrected chi connectivity index (χ0v) is 13.2. The van der Waals surface area contributed by atoms with Gasteiger partial charge in [-0.25, -0.2) is 0 Å². The molecule has 1 heterocycles. The predicted octanol–water partition coefficient (Wildman–Crippen LogP) is 1.54. The summed E-state index contributed by atoms with van der Waals surface area (Å²) in [6, 6.07) is 10.9. The van der Waals surface area contributed by atoms with E-state index in [2.05, 4.69) is 15.8 Å². The number of nitrogens with one attached hydrogen (secondary N) is 2. The van der Waals surface area contributed by atoms with Crippen molar-refractivity contribution in [2.75, 3.05) is 19.0 Å². The van der Waals surface area contributed by atoms with Crippen molar-refractivity contribution in [3.05, 3.63) is 59.9 Å². The summed E-state index contributed by atoms with van der Waals surface area (Å²) in [7, 11) is 3.80. The molecule has 0 aliphatic rings. The number of hydrazine groups is 1. The first-order valence-corrected chi connectivity index (χ1v) is 7.32. The molecule has 0 unspecified atom stereocenters. The molecule has 0 atom stereocenters. The van der Waals surface area contributed by atoms with E-state index in [1.807, 2.05) is 37.2 Å². The fourth-order valence-electron chi connectivity index (χ4n) is 1.99. The van der Waals surface area contributed by atoms with Crippen molar-refractivity contribution >= 4 is 17.5 Å². The zero-order valence-electron chi connectivity index (χ0n) is 13.2. The molecule has 0 aliphatic heterocycles. The quantitative estimate of drug-likeness (QED) is 0.821. The number of hydrogen-bond acceptors (Lipinski definition) is 4. The lowest BCUT2D eigenvalue weighted by Crippen LogP contribution is -2.41. The second-order valence-electron chi connectivity index (χ2n) is 5.31. The molecule has 0 bridgehead atoms. The molecule has 120 valence electrons. The summed E-state index contributed by atoms with van der Waals surface area (Å²) in [5.41, 5.74) is 7.24. The molecule has 1 aromatic heterocycles. The van der Waals surface area contributed by atoms with Gasteiger partial charge in [-0.2, -0.15) is 0 Å². The number of amides is 2. The molecule has 0 fully saturated rings. The van der Waals surface area contributed by atoms with Gasteiger partial charge in [-0.05, 0) is 36.2 Å². The molecule has 2 N–H and O–H groups in total. The van der Waals surface area contributed by atoms with Gasteiger partial charge >= 0.3 is 0 Å². The van der Waals surface area contributed by atoms with Crippen molar-refractivity contribution in [1.82, 2.24) is 15.8 Å². The highest BCUT2D eigenvalue weighted by Gasteiger charge is 2.08. The zero-order chi connectivity index (χ0) is 16.7. The van der Waals surface area contributed by atoms with Gasteiger partial charge in [0.1, 0.15) is 0 Å². The molecule has 0 saturated heterocycles. The minimum absolute atomic E-state index is 0.244. The van der Waals surface area contributed by atoms with Crippen LogP contribution >= 0.6 is 0 Å². The minimum Gasteiger partial charge on any atom is -0.378 e. The number of nitrogens with zero attached hydrogens (tertiary/aromatic N) is 2. The van der Waals surface area contributed by atoms with E-state index in [1.165, 1.54) is 0 Å². The van der Waals surface area contributed by atoms with Gasteiger partial charge in [-0.15, -0.1) is 0 Å². The van der Waals surface area contributed by atoms with Gasteiger partial charge < -0.3 is 4.90 Å². The third-order valence-electron chi connectivity index (χ3n) is 3.30. The Morgan fingerprint density at radius 1 is 1.13 bits per heavy atom. The van der Waals surface area contributed by atoms with E-state index in [0.717, 1.165) is 11.3 Å². The second kappa shape index (κ2) is 7.93. The summed E-state index contributed by atoms with van der Waals surface area (Å²) in [5, 5.41) is 0. The molecular weight excluding hydrogens is 292 g/mol. The van der Waals surface area contributed by atoms with Crippen molar-refractivity contribution in [1.29, 1.82) is 0 Å². The van der Waals surface area contributed by atoms with E-state index in [0.29, 0.717) is 12.0 Å². The lowest BCUT2D eigenvalue weighted by molar-refractivity contribution is -0.121. The second-order valence-corrected chi connectivity index (χ2v) is 5.31. The average Bonchev–Trinajstić information content (AvgIpc) is 2.58. The van der Waals surface area contributed by atoms with Gasteiger partial charge in [0.25, 0.3) is 5.91 Å². The van der Waals surface area contributed by atoms with Crippen molar-refractivity contribution in [2.45, 2.75) is 12.8 Å². The number of hydrogen-bond donors (Lipinski definition) is 2. The Bertz CT molecular complexity index is 671. The summed E-state index contributed by atoms with van der Waals surface area (Å²) in [6.07, 6.45) is 4.26. The smallest absolute Gasteiger partial charge is 0.269 e. The Kier molecular flexibility index (Phi) is 5.68. The molecule has 2 rings (SSSR count). The molecule has 0 spiro atoms. The number of carbonyl (C=O) groups is 2. The summed E-state index contributed by atoms with van der Waals surface area (Å²) in [4.78, 5) is 29.7. The van der Waals surface area contributed by atoms with Gasteiger partial charge in [-0.3, -0.25) is 25.4 Å². The lowest BCUT2D eigenvalue weighted by atomic mass is 10.1. The van der Waals surface area contributed by atoms with Crippen molar-refractivity contribution in [3.63, 3.8) is 0 Å². The van der Waals surface area contributed by atoms with Gasteiger partial charge in [0.15, 0.2) is 0 Å².